The zero-order chi connectivity index (χ0) is 15.2. The molecule has 1 aliphatic heterocycles. The van der Waals surface area contributed by atoms with E-state index in [4.69, 9.17) is 4.74 Å². The fourth-order valence-electron chi connectivity index (χ4n) is 2.91. The van der Waals surface area contributed by atoms with Gasteiger partial charge in [0.05, 0.1) is 11.6 Å². The number of nitrogens with zero attached hydrogens (tertiary/aromatic N) is 2. The van der Waals surface area contributed by atoms with E-state index < -0.39 is 5.60 Å². The van der Waals surface area contributed by atoms with Crippen molar-refractivity contribution in [1.82, 2.24) is 4.98 Å². The Morgan fingerprint density at radius 1 is 1.32 bits per heavy atom. The van der Waals surface area contributed by atoms with E-state index in [1.807, 2.05) is 18.2 Å². The molecule has 1 aromatic carbocycles. The van der Waals surface area contributed by atoms with Crippen LogP contribution in [0.2, 0.25) is 0 Å². The molecule has 2 heterocycles. The van der Waals surface area contributed by atoms with E-state index in [-0.39, 0.29) is 11.8 Å². The number of benzene rings is 1. The summed E-state index contributed by atoms with van der Waals surface area (Å²) in [6.45, 7) is 0. The molecule has 1 saturated carbocycles. The minimum atomic E-state index is -1.01. The Hall–Kier alpha value is -2.89. The number of aromatic nitrogens is 1. The van der Waals surface area contributed by atoms with Crippen LogP contribution < -0.4 is 10.1 Å². The SMILES string of the molecule is O=C(Nc1ccccn1)[C@]12C[C@H]1/C(=N\O)c1ccccc1O2. The van der Waals surface area contributed by atoms with Crippen LogP contribution in [0.1, 0.15) is 12.0 Å². The lowest BCUT2D eigenvalue weighted by molar-refractivity contribution is -0.125. The molecular formula is C16H13N3O3. The highest BCUT2D eigenvalue weighted by atomic mass is 16.5. The third-order valence-corrected chi connectivity index (χ3v) is 4.09. The van der Waals surface area contributed by atoms with Crippen LogP contribution in [0.5, 0.6) is 5.75 Å². The second-order valence-corrected chi connectivity index (χ2v) is 5.40. The van der Waals surface area contributed by atoms with Gasteiger partial charge < -0.3 is 15.3 Å². The summed E-state index contributed by atoms with van der Waals surface area (Å²) in [5, 5.41) is 15.5. The number of rotatable bonds is 2. The van der Waals surface area contributed by atoms with E-state index in [9.17, 15) is 10.0 Å². The summed E-state index contributed by atoms with van der Waals surface area (Å²) in [4.78, 5) is 16.7. The number of carbonyl (C=O) groups is 1. The van der Waals surface area contributed by atoms with E-state index in [0.29, 0.717) is 23.7 Å². The lowest BCUT2D eigenvalue weighted by atomic mass is 9.99. The van der Waals surface area contributed by atoms with Gasteiger partial charge in [0.1, 0.15) is 11.6 Å². The Morgan fingerprint density at radius 2 is 2.14 bits per heavy atom. The van der Waals surface area contributed by atoms with E-state index in [0.717, 1.165) is 5.56 Å². The van der Waals surface area contributed by atoms with Gasteiger partial charge in [-0.3, -0.25) is 4.79 Å². The molecule has 6 heteroatoms. The Kier molecular flexibility index (Phi) is 2.66. The van der Waals surface area contributed by atoms with Crippen LogP contribution in [0, 0.1) is 5.92 Å². The first-order chi connectivity index (χ1) is 10.7. The summed E-state index contributed by atoms with van der Waals surface area (Å²) < 4.78 is 5.93. The van der Waals surface area contributed by atoms with Gasteiger partial charge in [-0.2, -0.15) is 0 Å². The van der Waals surface area contributed by atoms with Crippen LogP contribution in [0.15, 0.2) is 53.8 Å². The van der Waals surface area contributed by atoms with Gasteiger partial charge in [0.25, 0.3) is 5.91 Å². The molecule has 0 unspecified atom stereocenters. The number of anilines is 1. The minimum absolute atomic E-state index is 0.240. The maximum atomic E-state index is 12.6. The maximum Gasteiger partial charge on any atom is 0.270 e. The molecule has 22 heavy (non-hydrogen) atoms. The molecule has 0 radical (unpaired) electrons. The molecule has 1 amide bonds. The van der Waals surface area contributed by atoms with Crippen molar-refractivity contribution in [2.24, 2.45) is 11.1 Å². The number of carbonyl (C=O) groups excluding carboxylic acids is 1. The van der Waals surface area contributed by atoms with Crippen molar-refractivity contribution < 1.29 is 14.7 Å². The number of nitrogens with one attached hydrogen (secondary N) is 1. The predicted octanol–water partition coefficient (Wildman–Crippen LogP) is 2.05. The Balaban J connectivity index is 1.66. The number of hydrogen-bond donors (Lipinski definition) is 2. The van der Waals surface area contributed by atoms with Gasteiger partial charge in [-0.05, 0) is 24.3 Å². The summed E-state index contributed by atoms with van der Waals surface area (Å²) in [5.74, 6) is 0.514. The highest BCUT2D eigenvalue weighted by Gasteiger charge is 2.68. The van der Waals surface area contributed by atoms with Gasteiger partial charge in [0.15, 0.2) is 5.60 Å². The van der Waals surface area contributed by atoms with Crippen LogP contribution >= 0.6 is 0 Å². The summed E-state index contributed by atoms with van der Waals surface area (Å²) in [7, 11) is 0. The second-order valence-electron chi connectivity index (χ2n) is 5.40. The first-order valence-corrected chi connectivity index (χ1v) is 6.97. The van der Waals surface area contributed by atoms with Crippen molar-refractivity contribution in [3.05, 3.63) is 54.2 Å². The molecule has 1 aliphatic carbocycles. The topological polar surface area (TPSA) is 83.8 Å². The molecule has 0 saturated heterocycles. The lowest BCUT2D eigenvalue weighted by Crippen LogP contribution is -2.41. The molecule has 0 spiro atoms. The standard InChI is InChI=1S/C16H13N3O3/c20-15(18-13-7-3-4-8-17-13)16-9-11(16)14(19-21)10-5-1-2-6-12(10)22-16/h1-8,11,21H,9H2,(H,17,18,20)/b19-14-/t11-,16-/m0/s1. The van der Waals surface area contributed by atoms with E-state index in [1.165, 1.54) is 0 Å². The summed E-state index contributed by atoms with van der Waals surface area (Å²) in [5.41, 5.74) is 0.222. The maximum absolute atomic E-state index is 12.6. The normalized spacial score (nSPS) is 26.5. The monoisotopic (exact) mass is 295 g/mol. The molecule has 6 nitrogen and oxygen atoms in total. The Labute approximate surface area is 126 Å². The molecule has 4 rings (SSSR count). The van der Waals surface area contributed by atoms with E-state index >= 15 is 0 Å². The van der Waals surface area contributed by atoms with Crippen LogP contribution in [-0.2, 0) is 4.79 Å². The number of hydrogen-bond acceptors (Lipinski definition) is 5. The molecule has 0 bridgehead atoms. The quantitative estimate of drug-likeness (QED) is 0.656. The Morgan fingerprint density at radius 3 is 2.91 bits per heavy atom. The van der Waals surface area contributed by atoms with Crippen LogP contribution in [0.25, 0.3) is 0 Å². The third kappa shape index (κ3) is 1.77. The fourth-order valence-corrected chi connectivity index (χ4v) is 2.91. The first-order valence-electron chi connectivity index (χ1n) is 6.97. The second kappa shape index (κ2) is 4.56. The highest BCUT2D eigenvalue weighted by Crippen LogP contribution is 2.54. The molecule has 2 N–H and O–H groups in total. The zero-order valence-electron chi connectivity index (χ0n) is 11.6. The van der Waals surface area contributed by atoms with Gasteiger partial charge >= 0.3 is 0 Å². The minimum Gasteiger partial charge on any atom is -0.476 e. The first kappa shape index (κ1) is 12.8. The van der Waals surface area contributed by atoms with E-state index in [2.05, 4.69) is 15.5 Å². The summed E-state index contributed by atoms with van der Waals surface area (Å²) in [6, 6.07) is 12.5. The number of ether oxygens (including phenoxy) is 1. The van der Waals surface area contributed by atoms with Crippen molar-refractivity contribution in [2.45, 2.75) is 12.0 Å². The van der Waals surface area contributed by atoms with Crippen molar-refractivity contribution in [1.29, 1.82) is 0 Å². The lowest BCUT2D eigenvalue weighted by Gasteiger charge is -2.25. The molecule has 2 aromatic rings. The van der Waals surface area contributed by atoms with Gasteiger partial charge in [0.2, 0.25) is 0 Å². The molecule has 2 aliphatic rings. The Bertz CT molecular complexity index is 775. The number of fused-ring (bicyclic) bond motifs is 2. The third-order valence-electron chi connectivity index (χ3n) is 4.09. The highest BCUT2D eigenvalue weighted by molar-refractivity contribution is 6.14. The van der Waals surface area contributed by atoms with Gasteiger partial charge in [-0.15, -0.1) is 0 Å². The van der Waals surface area contributed by atoms with Crippen LogP contribution in [0.4, 0.5) is 5.82 Å². The van der Waals surface area contributed by atoms with Gasteiger partial charge in [0, 0.05) is 18.2 Å². The summed E-state index contributed by atoms with van der Waals surface area (Å²) >= 11 is 0. The molecule has 1 fully saturated rings. The number of para-hydroxylation sites is 1. The zero-order valence-corrected chi connectivity index (χ0v) is 11.6. The molecular weight excluding hydrogens is 282 g/mol. The average Bonchev–Trinajstić information content (AvgIpc) is 3.29. The van der Waals surface area contributed by atoms with Crippen molar-refractivity contribution >= 4 is 17.4 Å². The summed E-state index contributed by atoms with van der Waals surface area (Å²) in [6.07, 6.45) is 2.09. The van der Waals surface area contributed by atoms with Crippen LogP contribution in [-0.4, -0.2) is 27.4 Å². The van der Waals surface area contributed by atoms with Crippen LogP contribution in [0.3, 0.4) is 0 Å². The molecule has 110 valence electrons. The molecule has 2 atom stereocenters. The van der Waals surface area contributed by atoms with E-state index in [1.54, 1.807) is 30.5 Å². The van der Waals surface area contributed by atoms with Crippen molar-refractivity contribution in [3.8, 4) is 5.75 Å². The van der Waals surface area contributed by atoms with Gasteiger partial charge in [-0.25, -0.2) is 4.98 Å². The van der Waals surface area contributed by atoms with Crippen molar-refractivity contribution in [2.75, 3.05) is 5.32 Å². The fraction of sp³-hybridized carbons (Fsp3) is 0.188. The number of pyridine rings is 1. The predicted molar refractivity (Wildman–Crippen MR) is 79.1 cm³/mol. The molecule has 1 aromatic heterocycles. The smallest absolute Gasteiger partial charge is 0.270 e. The van der Waals surface area contributed by atoms with Crippen molar-refractivity contribution in [3.63, 3.8) is 0 Å². The average molecular weight is 295 g/mol. The van der Waals surface area contributed by atoms with Gasteiger partial charge in [-0.1, -0.05) is 23.4 Å². The largest absolute Gasteiger partial charge is 0.476 e. The number of oxime groups is 1. The number of amides is 1.